The van der Waals surface area contributed by atoms with Crippen molar-refractivity contribution in [3.05, 3.63) is 35.4 Å². The third kappa shape index (κ3) is 1.75. The minimum atomic E-state index is -0.611. The van der Waals surface area contributed by atoms with Gasteiger partial charge in [0.25, 0.3) is 0 Å². The van der Waals surface area contributed by atoms with Crippen LogP contribution in [-0.4, -0.2) is 22.5 Å². The lowest BCUT2D eigenvalue weighted by atomic mass is 9.68. The van der Waals surface area contributed by atoms with Gasteiger partial charge in [-0.25, -0.2) is 0 Å². The lowest BCUT2D eigenvalue weighted by Gasteiger charge is -2.40. The van der Waals surface area contributed by atoms with Gasteiger partial charge in [-0.05, 0) is 24.0 Å². The molecule has 17 heavy (non-hydrogen) atoms. The Hall–Kier alpha value is -1.35. The first-order valence-electron chi connectivity index (χ1n) is 6.22. The fourth-order valence-electron chi connectivity index (χ4n) is 2.99. The number of benzene rings is 1. The lowest BCUT2D eigenvalue weighted by molar-refractivity contribution is -0.156. The van der Waals surface area contributed by atoms with Crippen molar-refractivity contribution < 1.29 is 9.90 Å². The van der Waals surface area contributed by atoms with Crippen molar-refractivity contribution in [2.45, 2.75) is 32.4 Å². The maximum absolute atomic E-state index is 11.3. The quantitative estimate of drug-likeness (QED) is 0.867. The van der Waals surface area contributed by atoms with E-state index in [0.717, 1.165) is 32.4 Å². The molecule has 2 aliphatic rings. The SMILES string of the molecule is O=C(O)C1(CN2Cc3ccccc3C2)CCC1. The van der Waals surface area contributed by atoms with Crippen LogP contribution in [0.3, 0.4) is 0 Å². The average Bonchev–Trinajstić information content (AvgIpc) is 2.65. The Morgan fingerprint density at radius 3 is 2.24 bits per heavy atom. The van der Waals surface area contributed by atoms with Crippen LogP contribution >= 0.6 is 0 Å². The van der Waals surface area contributed by atoms with Crippen molar-refractivity contribution in [2.24, 2.45) is 5.41 Å². The van der Waals surface area contributed by atoms with Crippen molar-refractivity contribution in [3.63, 3.8) is 0 Å². The second kappa shape index (κ2) is 3.84. The summed E-state index contributed by atoms with van der Waals surface area (Å²) in [5.74, 6) is -0.611. The Balaban J connectivity index is 1.71. The molecule has 1 fully saturated rings. The van der Waals surface area contributed by atoms with E-state index in [1.165, 1.54) is 11.1 Å². The van der Waals surface area contributed by atoms with E-state index in [-0.39, 0.29) is 0 Å². The molecule has 1 aromatic carbocycles. The molecule has 90 valence electrons. The van der Waals surface area contributed by atoms with Crippen LogP contribution < -0.4 is 0 Å². The number of fused-ring (bicyclic) bond motifs is 1. The predicted octanol–water partition coefficient (Wildman–Crippen LogP) is 2.26. The highest BCUT2D eigenvalue weighted by atomic mass is 16.4. The smallest absolute Gasteiger partial charge is 0.310 e. The molecule has 0 saturated heterocycles. The first kappa shape index (κ1) is 10.8. The van der Waals surface area contributed by atoms with Crippen molar-refractivity contribution in [1.82, 2.24) is 4.90 Å². The second-order valence-electron chi connectivity index (χ2n) is 5.35. The highest BCUT2D eigenvalue weighted by molar-refractivity contribution is 5.76. The molecule has 0 atom stereocenters. The average molecular weight is 231 g/mol. The molecule has 1 aliphatic heterocycles. The van der Waals surface area contributed by atoms with E-state index in [9.17, 15) is 9.90 Å². The molecule has 1 aliphatic carbocycles. The fourth-order valence-corrected chi connectivity index (χ4v) is 2.99. The number of carboxylic acids is 1. The number of nitrogens with zero attached hydrogens (tertiary/aromatic N) is 1. The number of hydrogen-bond donors (Lipinski definition) is 1. The van der Waals surface area contributed by atoms with E-state index in [4.69, 9.17) is 0 Å². The Morgan fingerprint density at radius 1 is 1.24 bits per heavy atom. The van der Waals surface area contributed by atoms with Gasteiger partial charge in [0.05, 0.1) is 5.41 Å². The summed E-state index contributed by atoms with van der Waals surface area (Å²) >= 11 is 0. The van der Waals surface area contributed by atoms with E-state index in [1.807, 2.05) is 0 Å². The zero-order chi connectivity index (χ0) is 11.9. The predicted molar refractivity (Wildman–Crippen MR) is 64.5 cm³/mol. The van der Waals surface area contributed by atoms with Gasteiger partial charge in [-0.15, -0.1) is 0 Å². The molecule has 0 amide bonds. The summed E-state index contributed by atoms with van der Waals surface area (Å²) in [6.45, 7) is 2.52. The van der Waals surface area contributed by atoms with Gasteiger partial charge in [0, 0.05) is 19.6 Å². The standard InChI is InChI=1S/C14H17NO2/c16-13(17)14(6-3-7-14)10-15-8-11-4-1-2-5-12(11)9-15/h1-2,4-5H,3,6-10H2,(H,16,17). The number of hydrogen-bond acceptors (Lipinski definition) is 2. The lowest BCUT2D eigenvalue weighted by Crippen LogP contribution is -2.46. The van der Waals surface area contributed by atoms with E-state index in [2.05, 4.69) is 29.2 Å². The molecule has 1 heterocycles. The minimum Gasteiger partial charge on any atom is -0.481 e. The van der Waals surface area contributed by atoms with Crippen LogP contribution in [0.5, 0.6) is 0 Å². The van der Waals surface area contributed by atoms with Gasteiger partial charge in [0.1, 0.15) is 0 Å². The summed E-state index contributed by atoms with van der Waals surface area (Å²) in [5, 5.41) is 9.33. The number of rotatable bonds is 3. The van der Waals surface area contributed by atoms with E-state index >= 15 is 0 Å². The first-order chi connectivity index (χ1) is 8.20. The second-order valence-corrected chi connectivity index (χ2v) is 5.35. The summed E-state index contributed by atoms with van der Waals surface area (Å²) in [7, 11) is 0. The maximum Gasteiger partial charge on any atom is 0.310 e. The first-order valence-corrected chi connectivity index (χ1v) is 6.22. The molecule has 3 rings (SSSR count). The molecule has 0 unspecified atom stereocenters. The summed E-state index contributed by atoms with van der Waals surface area (Å²) in [6, 6.07) is 8.39. The van der Waals surface area contributed by atoms with Crippen LogP contribution in [0.2, 0.25) is 0 Å². The van der Waals surface area contributed by atoms with E-state index in [1.54, 1.807) is 0 Å². The Morgan fingerprint density at radius 2 is 1.82 bits per heavy atom. The third-order valence-corrected chi connectivity index (χ3v) is 4.20. The van der Waals surface area contributed by atoms with E-state index in [0.29, 0.717) is 6.54 Å². The molecular formula is C14H17NO2. The van der Waals surface area contributed by atoms with E-state index < -0.39 is 11.4 Å². The molecule has 0 radical (unpaired) electrons. The molecule has 1 N–H and O–H groups in total. The number of carboxylic acid groups (broad SMARTS) is 1. The normalized spacial score (nSPS) is 21.9. The fraction of sp³-hybridized carbons (Fsp3) is 0.500. The molecule has 3 nitrogen and oxygen atoms in total. The van der Waals surface area contributed by atoms with Gasteiger partial charge in [-0.2, -0.15) is 0 Å². The molecule has 0 spiro atoms. The third-order valence-electron chi connectivity index (χ3n) is 4.20. The largest absolute Gasteiger partial charge is 0.481 e. The summed E-state index contributed by atoms with van der Waals surface area (Å²) < 4.78 is 0. The van der Waals surface area contributed by atoms with Crippen molar-refractivity contribution >= 4 is 5.97 Å². The molecule has 1 aromatic rings. The van der Waals surface area contributed by atoms with Crippen LogP contribution in [0.4, 0.5) is 0 Å². The highest BCUT2D eigenvalue weighted by Crippen LogP contribution is 2.43. The van der Waals surface area contributed by atoms with Crippen molar-refractivity contribution in [1.29, 1.82) is 0 Å². The summed E-state index contributed by atoms with van der Waals surface area (Å²) in [4.78, 5) is 13.6. The van der Waals surface area contributed by atoms with Crippen molar-refractivity contribution in [3.8, 4) is 0 Å². The van der Waals surface area contributed by atoms with Crippen LogP contribution in [0, 0.1) is 5.41 Å². The van der Waals surface area contributed by atoms with Gasteiger partial charge < -0.3 is 5.11 Å². The zero-order valence-electron chi connectivity index (χ0n) is 9.85. The Labute approximate surface area is 101 Å². The Bertz CT molecular complexity index is 426. The molecule has 0 aromatic heterocycles. The minimum absolute atomic E-state index is 0.456. The maximum atomic E-state index is 11.3. The number of aliphatic carboxylic acids is 1. The summed E-state index contributed by atoms with van der Waals surface area (Å²) in [5.41, 5.74) is 2.25. The van der Waals surface area contributed by atoms with Crippen LogP contribution in [0.25, 0.3) is 0 Å². The molecular weight excluding hydrogens is 214 g/mol. The van der Waals surface area contributed by atoms with Gasteiger partial charge in [-0.3, -0.25) is 9.69 Å². The number of carbonyl (C=O) groups is 1. The molecule has 0 bridgehead atoms. The van der Waals surface area contributed by atoms with Gasteiger partial charge in [0.15, 0.2) is 0 Å². The topological polar surface area (TPSA) is 40.5 Å². The molecule has 3 heteroatoms. The molecule has 1 saturated carbocycles. The van der Waals surface area contributed by atoms with Gasteiger partial charge >= 0.3 is 5.97 Å². The monoisotopic (exact) mass is 231 g/mol. The van der Waals surface area contributed by atoms with Gasteiger partial charge in [0.2, 0.25) is 0 Å². The van der Waals surface area contributed by atoms with Crippen LogP contribution in [-0.2, 0) is 17.9 Å². The zero-order valence-corrected chi connectivity index (χ0v) is 9.85. The highest BCUT2D eigenvalue weighted by Gasteiger charge is 2.46. The van der Waals surface area contributed by atoms with Crippen molar-refractivity contribution in [2.75, 3.05) is 6.54 Å². The van der Waals surface area contributed by atoms with Gasteiger partial charge in [-0.1, -0.05) is 30.7 Å². The van der Waals surface area contributed by atoms with Crippen LogP contribution in [0.1, 0.15) is 30.4 Å². The summed E-state index contributed by atoms with van der Waals surface area (Å²) in [6.07, 6.45) is 2.75. The van der Waals surface area contributed by atoms with Crippen LogP contribution in [0.15, 0.2) is 24.3 Å². The Kier molecular flexibility index (Phi) is 2.44.